The number of fused-ring (bicyclic) bond motifs is 1. The number of nitrogen functional groups attached to an aromatic ring is 1. The summed E-state index contributed by atoms with van der Waals surface area (Å²) in [5.74, 6) is 0. The van der Waals surface area contributed by atoms with Gasteiger partial charge in [0.2, 0.25) is 10.0 Å². The Morgan fingerprint density at radius 1 is 1.53 bits per heavy atom. The first-order valence-corrected chi connectivity index (χ1v) is 6.50. The highest BCUT2D eigenvalue weighted by Gasteiger charge is 2.23. The Morgan fingerprint density at radius 2 is 2.27 bits per heavy atom. The van der Waals surface area contributed by atoms with Gasteiger partial charge in [-0.2, -0.15) is 4.31 Å². The standard InChI is InChI=1S/C9H13N3O2S/c1-15(13,14)12-3-2-9-7(6-12)4-8(10)5-11-9/h4-5H,2-3,6,10H2,1H3. The third-order valence-electron chi connectivity index (χ3n) is 2.49. The van der Waals surface area contributed by atoms with Crippen LogP contribution >= 0.6 is 0 Å². The zero-order valence-electron chi connectivity index (χ0n) is 8.47. The van der Waals surface area contributed by atoms with Crippen molar-refractivity contribution >= 4 is 15.7 Å². The lowest BCUT2D eigenvalue weighted by atomic mass is 10.1. The quantitative estimate of drug-likeness (QED) is 0.731. The van der Waals surface area contributed by atoms with Gasteiger partial charge in [0.1, 0.15) is 0 Å². The normalized spacial score (nSPS) is 17.4. The van der Waals surface area contributed by atoms with Crippen LogP contribution in [-0.2, 0) is 23.0 Å². The molecule has 2 heterocycles. The molecule has 0 saturated heterocycles. The Morgan fingerprint density at radius 3 is 2.93 bits per heavy atom. The molecule has 0 amide bonds. The summed E-state index contributed by atoms with van der Waals surface area (Å²) in [6.45, 7) is 0.884. The van der Waals surface area contributed by atoms with Gasteiger partial charge in [0.25, 0.3) is 0 Å². The van der Waals surface area contributed by atoms with E-state index in [1.54, 1.807) is 12.3 Å². The van der Waals surface area contributed by atoms with Crippen molar-refractivity contribution in [3.8, 4) is 0 Å². The minimum absolute atomic E-state index is 0.381. The number of hydrogen-bond acceptors (Lipinski definition) is 4. The fourth-order valence-electron chi connectivity index (χ4n) is 1.70. The van der Waals surface area contributed by atoms with E-state index in [-0.39, 0.29) is 0 Å². The van der Waals surface area contributed by atoms with Gasteiger partial charge in [0.05, 0.1) is 18.1 Å². The minimum atomic E-state index is -3.12. The van der Waals surface area contributed by atoms with Crippen LogP contribution in [0.15, 0.2) is 12.3 Å². The van der Waals surface area contributed by atoms with Gasteiger partial charge in [-0.25, -0.2) is 8.42 Å². The molecule has 1 aromatic rings. The largest absolute Gasteiger partial charge is 0.397 e. The Hall–Kier alpha value is -1.14. The smallest absolute Gasteiger partial charge is 0.211 e. The molecule has 2 N–H and O–H groups in total. The van der Waals surface area contributed by atoms with Crippen LogP contribution in [0.5, 0.6) is 0 Å². The number of sulfonamides is 1. The molecule has 0 atom stereocenters. The van der Waals surface area contributed by atoms with Crippen LogP contribution in [0.4, 0.5) is 5.69 Å². The first-order chi connectivity index (χ1) is 6.97. The summed E-state index contributed by atoms with van der Waals surface area (Å²) in [6.07, 6.45) is 3.48. The maximum absolute atomic E-state index is 11.4. The van der Waals surface area contributed by atoms with E-state index in [0.29, 0.717) is 25.2 Å². The second-order valence-electron chi connectivity index (χ2n) is 3.72. The van der Waals surface area contributed by atoms with Crippen molar-refractivity contribution in [1.29, 1.82) is 0 Å². The number of pyridine rings is 1. The molecule has 0 aliphatic carbocycles. The predicted octanol–water partition coefficient (Wildman–Crippen LogP) is -0.0185. The summed E-state index contributed by atoms with van der Waals surface area (Å²) in [4.78, 5) is 4.19. The van der Waals surface area contributed by atoms with Gasteiger partial charge in [0, 0.05) is 25.2 Å². The van der Waals surface area contributed by atoms with Crippen molar-refractivity contribution in [2.45, 2.75) is 13.0 Å². The average Bonchev–Trinajstić information content (AvgIpc) is 2.15. The topological polar surface area (TPSA) is 76.3 Å². The molecule has 2 rings (SSSR count). The molecule has 0 unspecified atom stereocenters. The second-order valence-corrected chi connectivity index (χ2v) is 5.70. The van der Waals surface area contributed by atoms with Gasteiger partial charge < -0.3 is 5.73 Å². The first kappa shape index (κ1) is 10.4. The van der Waals surface area contributed by atoms with Gasteiger partial charge in [-0.05, 0) is 11.6 Å². The molecule has 0 spiro atoms. The zero-order chi connectivity index (χ0) is 11.1. The average molecular weight is 227 g/mol. The molecule has 1 aliphatic heterocycles. The summed E-state index contributed by atoms with van der Waals surface area (Å²) < 4.78 is 24.2. The van der Waals surface area contributed by atoms with E-state index in [9.17, 15) is 8.42 Å². The van der Waals surface area contributed by atoms with Crippen LogP contribution in [-0.4, -0.2) is 30.5 Å². The van der Waals surface area contributed by atoms with Crippen molar-refractivity contribution in [2.24, 2.45) is 0 Å². The van der Waals surface area contributed by atoms with E-state index < -0.39 is 10.0 Å². The van der Waals surface area contributed by atoms with E-state index in [0.717, 1.165) is 11.3 Å². The van der Waals surface area contributed by atoms with Crippen LogP contribution in [0.3, 0.4) is 0 Å². The van der Waals surface area contributed by atoms with Crippen LogP contribution in [0.1, 0.15) is 11.3 Å². The van der Waals surface area contributed by atoms with Crippen molar-refractivity contribution in [3.63, 3.8) is 0 Å². The van der Waals surface area contributed by atoms with Crippen LogP contribution in [0.25, 0.3) is 0 Å². The molecule has 0 radical (unpaired) electrons. The lowest BCUT2D eigenvalue weighted by Gasteiger charge is -2.26. The fraction of sp³-hybridized carbons (Fsp3) is 0.444. The van der Waals surface area contributed by atoms with Gasteiger partial charge in [0.15, 0.2) is 0 Å². The summed E-state index contributed by atoms with van der Waals surface area (Å²) >= 11 is 0. The number of aromatic nitrogens is 1. The molecule has 0 fully saturated rings. The maximum Gasteiger partial charge on any atom is 0.211 e. The van der Waals surface area contributed by atoms with E-state index in [1.165, 1.54) is 10.6 Å². The molecule has 6 heteroatoms. The molecule has 1 aliphatic rings. The summed E-state index contributed by atoms with van der Waals surface area (Å²) in [5, 5.41) is 0. The van der Waals surface area contributed by atoms with Crippen molar-refractivity contribution in [1.82, 2.24) is 9.29 Å². The Bertz CT molecular complexity index is 484. The molecular weight excluding hydrogens is 214 g/mol. The highest BCUT2D eigenvalue weighted by atomic mass is 32.2. The number of hydrogen-bond donors (Lipinski definition) is 1. The van der Waals surface area contributed by atoms with Crippen molar-refractivity contribution in [2.75, 3.05) is 18.5 Å². The molecule has 0 bridgehead atoms. The first-order valence-electron chi connectivity index (χ1n) is 4.65. The highest BCUT2D eigenvalue weighted by molar-refractivity contribution is 7.88. The minimum Gasteiger partial charge on any atom is -0.397 e. The number of rotatable bonds is 1. The van der Waals surface area contributed by atoms with Crippen LogP contribution in [0.2, 0.25) is 0 Å². The van der Waals surface area contributed by atoms with E-state index in [2.05, 4.69) is 4.98 Å². The third-order valence-corrected chi connectivity index (χ3v) is 3.74. The number of nitrogens with two attached hydrogens (primary N) is 1. The van der Waals surface area contributed by atoms with Gasteiger partial charge in [-0.1, -0.05) is 0 Å². The lowest BCUT2D eigenvalue weighted by Crippen LogP contribution is -2.35. The van der Waals surface area contributed by atoms with E-state index in [1.807, 2.05) is 0 Å². The van der Waals surface area contributed by atoms with E-state index >= 15 is 0 Å². The maximum atomic E-state index is 11.4. The summed E-state index contributed by atoms with van der Waals surface area (Å²) in [6, 6.07) is 1.79. The number of nitrogens with zero attached hydrogens (tertiary/aromatic N) is 2. The Kier molecular flexibility index (Phi) is 2.40. The van der Waals surface area contributed by atoms with Gasteiger partial charge in [-0.15, -0.1) is 0 Å². The second kappa shape index (κ2) is 3.46. The molecular formula is C9H13N3O2S. The summed E-state index contributed by atoms with van der Waals surface area (Å²) in [7, 11) is -3.12. The molecule has 0 aromatic carbocycles. The van der Waals surface area contributed by atoms with Crippen molar-refractivity contribution < 1.29 is 8.42 Å². The van der Waals surface area contributed by atoms with Gasteiger partial charge in [-0.3, -0.25) is 4.98 Å². The predicted molar refractivity (Wildman–Crippen MR) is 57.6 cm³/mol. The SMILES string of the molecule is CS(=O)(=O)N1CCc2ncc(N)cc2C1. The number of anilines is 1. The lowest BCUT2D eigenvalue weighted by molar-refractivity contribution is 0.391. The Balaban J connectivity index is 2.34. The highest BCUT2D eigenvalue weighted by Crippen LogP contribution is 2.20. The Labute approximate surface area is 89.0 Å². The molecule has 82 valence electrons. The summed E-state index contributed by atoms with van der Waals surface area (Å²) in [5.41, 5.74) is 8.04. The van der Waals surface area contributed by atoms with E-state index in [4.69, 9.17) is 5.73 Å². The fourth-order valence-corrected chi connectivity index (χ4v) is 2.50. The van der Waals surface area contributed by atoms with Crippen LogP contribution < -0.4 is 5.73 Å². The molecule has 15 heavy (non-hydrogen) atoms. The third kappa shape index (κ3) is 2.10. The molecule has 1 aromatic heterocycles. The monoisotopic (exact) mass is 227 g/mol. The van der Waals surface area contributed by atoms with Gasteiger partial charge >= 0.3 is 0 Å². The molecule has 5 nitrogen and oxygen atoms in total. The van der Waals surface area contributed by atoms with Crippen LogP contribution in [0, 0.1) is 0 Å². The molecule has 0 saturated carbocycles. The van der Waals surface area contributed by atoms with Crippen molar-refractivity contribution in [3.05, 3.63) is 23.5 Å². The zero-order valence-corrected chi connectivity index (χ0v) is 9.29.